The van der Waals surface area contributed by atoms with Gasteiger partial charge in [0.15, 0.2) is 0 Å². The highest BCUT2D eigenvalue weighted by molar-refractivity contribution is 7.92. The van der Waals surface area contributed by atoms with Crippen LogP contribution in [-0.4, -0.2) is 44.3 Å². The van der Waals surface area contributed by atoms with E-state index in [0.717, 1.165) is 16.4 Å². The summed E-state index contributed by atoms with van der Waals surface area (Å²) in [6.07, 6.45) is 0.684. The summed E-state index contributed by atoms with van der Waals surface area (Å²) in [4.78, 5) is 27.9. The van der Waals surface area contributed by atoms with Crippen molar-refractivity contribution in [3.8, 4) is 0 Å². The molecule has 3 aromatic carbocycles. The highest BCUT2D eigenvalue weighted by Gasteiger charge is 2.33. The molecule has 0 saturated heterocycles. The van der Waals surface area contributed by atoms with Crippen LogP contribution in [0.2, 0.25) is 15.1 Å². The van der Waals surface area contributed by atoms with Crippen molar-refractivity contribution in [2.45, 2.75) is 37.8 Å². The number of anilines is 1. The van der Waals surface area contributed by atoms with Crippen LogP contribution in [0.1, 0.15) is 25.8 Å². The number of hydrogen-bond donors (Lipinski definition) is 1. The maximum Gasteiger partial charge on any atom is 0.264 e. The third-order valence-corrected chi connectivity index (χ3v) is 8.54. The van der Waals surface area contributed by atoms with Crippen LogP contribution in [0.15, 0.2) is 71.6 Å². The molecule has 0 aliphatic carbocycles. The minimum atomic E-state index is -4.30. The number of carbonyl (C=O) groups is 2. The number of halogens is 4. The Bertz CT molecular complexity index is 1440. The normalized spacial score (nSPS) is 12.1. The van der Waals surface area contributed by atoms with Gasteiger partial charge in [-0.3, -0.25) is 13.9 Å². The molecule has 39 heavy (non-hydrogen) atoms. The molecule has 3 rings (SSSR count). The van der Waals surface area contributed by atoms with Crippen LogP contribution in [0.3, 0.4) is 0 Å². The predicted octanol–water partition coefficient (Wildman–Crippen LogP) is 5.92. The van der Waals surface area contributed by atoms with Gasteiger partial charge in [0.25, 0.3) is 10.0 Å². The molecule has 3 aromatic rings. The van der Waals surface area contributed by atoms with Gasteiger partial charge in [-0.1, -0.05) is 66.0 Å². The van der Waals surface area contributed by atoms with E-state index < -0.39 is 40.2 Å². The number of hydrogen-bond acceptors (Lipinski definition) is 4. The van der Waals surface area contributed by atoms with Gasteiger partial charge in [-0.05, 0) is 61.4 Å². The van der Waals surface area contributed by atoms with Crippen molar-refractivity contribution < 1.29 is 22.4 Å². The van der Waals surface area contributed by atoms with Gasteiger partial charge in [0.2, 0.25) is 11.8 Å². The molecule has 0 bridgehead atoms. The van der Waals surface area contributed by atoms with Crippen molar-refractivity contribution >= 4 is 62.3 Å². The fourth-order valence-electron chi connectivity index (χ4n) is 3.70. The first-order valence-corrected chi connectivity index (χ1v) is 14.6. The third kappa shape index (κ3) is 7.63. The van der Waals surface area contributed by atoms with Crippen molar-refractivity contribution in [3.63, 3.8) is 0 Å². The first-order chi connectivity index (χ1) is 18.4. The lowest BCUT2D eigenvalue weighted by atomic mass is 10.1. The second-order valence-electron chi connectivity index (χ2n) is 8.65. The fraction of sp³-hybridized carbons (Fsp3) is 0.259. The molecule has 1 N–H and O–H groups in total. The van der Waals surface area contributed by atoms with E-state index in [2.05, 4.69) is 5.32 Å². The molecular formula is C27H27Cl3FN3O4S. The van der Waals surface area contributed by atoms with E-state index in [0.29, 0.717) is 23.6 Å². The molecule has 0 heterocycles. The fourth-order valence-corrected chi connectivity index (χ4v) is 5.77. The zero-order valence-electron chi connectivity index (χ0n) is 21.2. The molecule has 0 spiro atoms. The topological polar surface area (TPSA) is 86.8 Å². The van der Waals surface area contributed by atoms with Crippen LogP contribution < -0.4 is 9.62 Å². The molecule has 208 valence electrons. The largest absolute Gasteiger partial charge is 0.354 e. The Morgan fingerprint density at radius 2 is 1.67 bits per heavy atom. The molecule has 0 aliphatic heterocycles. The minimum Gasteiger partial charge on any atom is -0.354 e. The Morgan fingerprint density at radius 1 is 0.974 bits per heavy atom. The molecule has 12 heteroatoms. The quantitative estimate of drug-likeness (QED) is 0.290. The van der Waals surface area contributed by atoms with Crippen molar-refractivity contribution in [2.75, 3.05) is 17.4 Å². The molecule has 7 nitrogen and oxygen atoms in total. The maximum atomic E-state index is 13.9. The molecule has 1 atom stereocenters. The summed E-state index contributed by atoms with van der Waals surface area (Å²) in [5, 5.41) is 3.11. The summed E-state index contributed by atoms with van der Waals surface area (Å²) in [5.41, 5.74) is 0.484. The van der Waals surface area contributed by atoms with Gasteiger partial charge >= 0.3 is 0 Å². The van der Waals surface area contributed by atoms with Gasteiger partial charge in [-0.15, -0.1) is 0 Å². The van der Waals surface area contributed by atoms with Crippen LogP contribution in [0.4, 0.5) is 10.1 Å². The van der Waals surface area contributed by atoms with Gasteiger partial charge in [0.1, 0.15) is 18.4 Å². The second-order valence-corrected chi connectivity index (χ2v) is 11.8. The Balaban J connectivity index is 2.05. The van der Waals surface area contributed by atoms with Crippen LogP contribution in [0.5, 0.6) is 0 Å². The Morgan fingerprint density at radius 3 is 2.28 bits per heavy atom. The van der Waals surface area contributed by atoms with Crippen molar-refractivity contribution in [3.05, 3.63) is 93.2 Å². The summed E-state index contributed by atoms with van der Waals surface area (Å²) < 4.78 is 42.1. The van der Waals surface area contributed by atoms with Gasteiger partial charge in [-0.25, -0.2) is 12.8 Å². The zero-order valence-corrected chi connectivity index (χ0v) is 24.3. The molecule has 2 amide bonds. The number of amides is 2. The molecular weight excluding hydrogens is 588 g/mol. The predicted molar refractivity (Wildman–Crippen MR) is 152 cm³/mol. The van der Waals surface area contributed by atoms with E-state index in [1.807, 2.05) is 6.92 Å². The van der Waals surface area contributed by atoms with Gasteiger partial charge in [0, 0.05) is 23.1 Å². The number of rotatable bonds is 11. The molecule has 0 radical (unpaired) electrons. The lowest BCUT2D eigenvalue weighted by Gasteiger charge is -2.32. The number of benzene rings is 3. The van der Waals surface area contributed by atoms with Gasteiger partial charge in [0.05, 0.1) is 15.6 Å². The van der Waals surface area contributed by atoms with E-state index in [9.17, 15) is 22.4 Å². The molecule has 1 unspecified atom stereocenters. The molecule has 0 aromatic heterocycles. The second kappa shape index (κ2) is 13.5. The highest BCUT2D eigenvalue weighted by atomic mass is 35.5. The van der Waals surface area contributed by atoms with E-state index in [4.69, 9.17) is 34.8 Å². The average molecular weight is 615 g/mol. The van der Waals surface area contributed by atoms with Gasteiger partial charge < -0.3 is 10.2 Å². The zero-order chi connectivity index (χ0) is 28.7. The van der Waals surface area contributed by atoms with Crippen LogP contribution in [0.25, 0.3) is 0 Å². The number of nitrogens with one attached hydrogen (secondary N) is 1. The van der Waals surface area contributed by atoms with Crippen molar-refractivity contribution in [1.29, 1.82) is 0 Å². The van der Waals surface area contributed by atoms with Crippen molar-refractivity contribution in [2.24, 2.45) is 0 Å². The molecule has 0 aliphatic rings. The molecule has 0 fully saturated rings. The smallest absolute Gasteiger partial charge is 0.264 e. The number of nitrogens with zero attached hydrogens (tertiary/aromatic N) is 2. The Labute approximate surface area is 242 Å². The summed E-state index contributed by atoms with van der Waals surface area (Å²) in [7, 11) is -4.30. The Kier molecular flexibility index (Phi) is 10.6. The summed E-state index contributed by atoms with van der Waals surface area (Å²) >= 11 is 18.3. The van der Waals surface area contributed by atoms with Crippen LogP contribution >= 0.6 is 34.8 Å². The van der Waals surface area contributed by atoms with Gasteiger partial charge in [-0.2, -0.15) is 0 Å². The van der Waals surface area contributed by atoms with E-state index in [-0.39, 0.29) is 27.2 Å². The standard InChI is InChI=1S/C27H27Cl3FN3O4S/c1-3-13-32-27(36)18(2)33(16-19-9-10-20(28)14-23(19)29)26(35)17-34(21-11-12-25(31)24(30)15-21)39(37,38)22-7-5-4-6-8-22/h4-12,14-15,18H,3,13,16-17H2,1-2H3,(H,32,36). The summed E-state index contributed by atoms with van der Waals surface area (Å²) in [6, 6.07) is 14.6. The summed E-state index contributed by atoms with van der Waals surface area (Å²) in [5.74, 6) is -1.86. The monoisotopic (exact) mass is 613 g/mol. The molecule has 0 saturated carbocycles. The van der Waals surface area contributed by atoms with Crippen molar-refractivity contribution in [1.82, 2.24) is 10.2 Å². The third-order valence-electron chi connectivity index (χ3n) is 5.87. The van der Waals surface area contributed by atoms with E-state index >= 15 is 0 Å². The Hall–Kier alpha value is -2.85. The van der Waals surface area contributed by atoms with E-state index in [1.54, 1.807) is 30.3 Å². The lowest BCUT2D eigenvalue weighted by Crippen LogP contribution is -2.51. The SMILES string of the molecule is CCCNC(=O)C(C)N(Cc1ccc(Cl)cc1Cl)C(=O)CN(c1ccc(F)c(Cl)c1)S(=O)(=O)c1ccccc1. The first-order valence-electron chi connectivity index (χ1n) is 12.0. The lowest BCUT2D eigenvalue weighted by molar-refractivity contribution is -0.139. The van der Waals surface area contributed by atoms with E-state index in [1.165, 1.54) is 36.1 Å². The minimum absolute atomic E-state index is 0.0221. The first kappa shape index (κ1) is 30.7. The van der Waals surface area contributed by atoms with Crippen LogP contribution in [-0.2, 0) is 26.2 Å². The van der Waals surface area contributed by atoms with Crippen LogP contribution in [0, 0.1) is 5.82 Å². The number of carbonyl (C=O) groups excluding carboxylic acids is 2. The highest BCUT2D eigenvalue weighted by Crippen LogP contribution is 2.29. The average Bonchev–Trinajstić information content (AvgIpc) is 2.91. The maximum absolute atomic E-state index is 13.9. The summed E-state index contributed by atoms with van der Waals surface area (Å²) in [6.45, 7) is 3.03. The number of sulfonamides is 1.